The van der Waals surface area contributed by atoms with Gasteiger partial charge in [0, 0.05) is 24.9 Å². The van der Waals surface area contributed by atoms with Crippen LogP contribution in [0.5, 0.6) is 11.5 Å². The maximum absolute atomic E-state index is 13.5. The number of ether oxygens (including phenoxy) is 2. The molecule has 1 fully saturated rings. The van der Waals surface area contributed by atoms with Crippen LogP contribution in [0.25, 0.3) is 33.3 Å². The molecule has 2 N–H and O–H groups in total. The number of urea groups is 1. The number of imidazole rings is 1. The van der Waals surface area contributed by atoms with E-state index in [-0.39, 0.29) is 11.6 Å². The quantitative estimate of drug-likeness (QED) is 0.214. The van der Waals surface area contributed by atoms with E-state index >= 15 is 0 Å². The summed E-state index contributed by atoms with van der Waals surface area (Å²) in [6, 6.07) is 17.6. The number of likely N-dealkylation sites (tertiary alicyclic amines) is 1. The number of fused-ring (bicyclic) bond motifs is 2. The van der Waals surface area contributed by atoms with Crippen molar-refractivity contribution in [2.45, 2.75) is 52.2 Å². The lowest BCUT2D eigenvalue weighted by molar-refractivity contribution is -0.840. The van der Waals surface area contributed by atoms with E-state index in [9.17, 15) is 9.59 Å². The molecule has 6 rings (SSSR count). The predicted molar refractivity (Wildman–Crippen MR) is 171 cm³/mol. The highest BCUT2D eigenvalue weighted by molar-refractivity contribution is 5.93. The summed E-state index contributed by atoms with van der Waals surface area (Å²) in [5.41, 5.74) is 4.43. The van der Waals surface area contributed by atoms with Crippen molar-refractivity contribution in [2.24, 2.45) is 0 Å². The lowest BCUT2D eigenvalue weighted by Crippen LogP contribution is -2.56. The SMILES string of the molecule is CCCOc1ccc(CNC(=O)[N+]2(C)CCC[C@H]2C)cc1-c1nc2cc3ncn(Cc4ccccc4OC)c3cc2c(=O)[nH]1. The van der Waals surface area contributed by atoms with Gasteiger partial charge in [-0.3, -0.25) is 4.79 Å². The molecule has 0 radical (unpaired) electrons. The van der Waals surface area contributed by atoms with Crippen LogP contribution in [0, 0.1) is 0 Å². The van der Waals surface area contributed by atoms with Crippen LogP contribution in [0.3, 0.4) is 0 Å². The van der Waals surface area contributed by atoms with Gasteiger partial charge in [-0.05, 0) is 49.2 Å². The fourth-order valence-electron chi connectivity index (χ4n) is 6.05. The normalized spacial score (nSPS) is 18.1. The van der Waals surface area contributed by atoms with Gasteiger partial charge >= 0.3 is 6.03 Å². The molecule has 2 amide bonds. The summed E-state index contributed by atoms with van der Waals surface area (Å²) < 4.78 is 14.0. The number of amides is 2. The van der Waals surface area contributed by atoms with E-state index in [4.69, 9.17) is 14.5 Å². The number of nitrogens with zero attached hydrogens (tertiary/aromatic N) is 4. The first kappa shape index (κ1) is 29.4. The van der Waals surface area contributed by atoms with E-state index in [2.05, 4.69) is 22.2 Å². The van der Waals surface area contributed by atoms with Crippen LogP contribution in [0.4, 0.5) is 4.79 Å². The van der Waals surface area contributed by atoms with Crippen molar-refractivity contribution in [1.29, 1.82) is 0 Å². The molecule has 3 aromatic carbocycles. The van der Waals surface area contributed by atoms with Crippen molar-refractivity contribution >= 4 is 28.0 Å². The average molecular weight is 596 g/mol. The molecule has 1 aliphatic heterocycles. The third-order valence-corrected chi connectivity index (χ3v) is 8.87. The molecule has 2 atom stereocenters. The molecule has 3 heterocycles. The Kier molecular flexibility index (Phi) is 8.09. The van der Waals surface area contributed by atoms with Crippen LogP contribution in [0.2, 0.25) is 0 Å². The molecule has 0 spiro atoms. The first-order valence-corrected chi connectivity index (χ1v) is 15.2. The first-order valence-electron chi connectivity index (χ1n) is 15.2. The van der Waals surface area contributed by atoms with Crippen molar-refractivity contribution in [3.63, 3.8) is 0 Å². The molecular formula is C34H39N6O4+. The van der Waals surface area contributed by atoms with E-state index in [1.165, 1.54) is 0 Å². The number of hydrogen-bond acceptors (Lipinski definition) is 6. The van der Waals surface area contributed by atoms with Crippen LogP contribution in [-0.4, -0.2) is 63.4 Å². The number of methoxy groups -OCH3 is 1. The lowest BCUT2D eigenvalue weighted by atomic mass is 10.1. The van der Waals surface area contributed by atoms with E-state index < -0.39 is 0 Å². The monoisotopic (exact) mass is 595 g/mol. The van der Waals surface area contributed by atoms with Crippen LogP contribution >= 0.6 is 0 Å². The van der Waals surface area contributed by atoms with E-state index in [1.54, 1.807) is 13.4 Å². The van der Waals surface area contributed by atoms with Gasteiger partial charge in [0.15, 0.2) is 0 Å². The maximum Gasteiger partial charge on any atom is 0.416 e. The Morgan fingerprint density at radius 2 is 1.98 bits per heavy atom. The highest BCUT2D eigenvalue weighted by Gasteiger charge is 2.41. The molecule has 1 unspecified atom stereocenters. The van der Waals surface area contributed by atoms with Gasteiger partial charge < -0.3 is 24.3 Å². The number of aromatic nitrogens is 4. The summed E-state index contributed by atoms with van der Waals surface area (Å²) in [4.78, 5) is 39.1. The Labute approximate surface area is 256 Å². The Bertz CT molecular complexity index is 1900. The second-order valence-electron chi connectivity index (χ2n) is 11.8. The van der Waals surface area contributed by atoms with E-state index in [1.807, 2.05) is 73.1 Å². The maximum atomic E-state index is 13.5. The number of hydrogen-bond donors (Lipinski definition) is 2. The number of carbonyl (C=O) groups excluding carboxylic acids is 1. The summed E-state index contributed by atoms with van der Waals surface area (Å²) in [6.45, 7) is 6.46. The van der Waals surface area contributed by atoms with Crippen molar-refractivity contribution in [3.05, 3.63) is 82.4 Å². The molecule has 228 valence electrons. The van der Waals surface area contributed by atoms with Gasteiger partial charge in [0.05, 0.1) is 73.7 Å². The van der Waals surface area contributed by atoms with Crippen LogP contribution in [0.1, 0.15) is 44.2 Å². The third-order valence-electron chi connectivity index (χ3n) is 8.87. The third kappa shape index (κ3) is 5.53. The van der Waals surface area contributed by atoms with E-state index in [0.717, 1.165) is 53.7 Å². The number of benzene rings is 3. The Morgan fingerprint density at radius 1 is 1.14 bits per heavy atom. The minimum atomic E-state index is -0.252. The average Bonchev–Trinajstić information content (AvgIpc) is 3.59. The summed E-state index contributed by atoms with van der Waals surface area (Å²) >= 11 is 0. The molecule has 0 bridgehead atoms. The van der Waals surface area contributed by atoms with Crippen LogP contribution < -0.4 is 20.3 Å². The van der Waals surface area contributed by atoms with Gasteiger partial charge in [-0.2, -0.15) is 0 Å². The molecule has 1 aliphatic rings. The molecule has 0 aliphatic carbocycles. The molecule has 5 aromatic rings. The van der Waals surface area contributed by atoms with Crippen LogP contribution in [-0.2, 0) is 13.1 Å². The molecular weight excluding hydrogens is 556 g/mol. The number of aromatic amines is 1. The minimum Gasteiger partial charge on any atom is -0.496 e. The molecule has 0 saturated carbocycles. The fraction of sp³-hybridized carbons (Fsp3) is 0.353. The van der Waals surface area contributed by atoms with Gasteiger partial charge in [0.25, 0.3) is 5.56 Å². The number of nitrogens with one attached hydrogen (secondary N) is 2. The minimum absolute atomic E-state index is 0.0225. The lowest BCUT2D eigenvalue weighted by Gasteiger charge is -2.31. The van der Waals surface area contributed by atoms with Gasteiger partial charge in [-0.1, -0.05) is 31.2 Å². The van der Waals surface area contributed by atoms with Crippen molar-refractivity contribution in [3.8, 4) is 22.9 Å². The zero-order chi connectivity index (χ0) is 30.8. The van der Waals surface area contributed by atoms with Gasteiger partial charge in [0.2, 0.25) is 0 Å². The number of quaternary nitrogens is 1. The summed E-state index contributed by atoms with van der Waals surface area (Å²) in [7, 11) is 3.66. The molecule has 44 heavy (non-hydrogen) atoms. The second-order valence-corrected chi connectivity index (χ2v) is 11.8. The largest absolute Gasteiger partial charge is 0.496 e. The van der Waals surface area contributed by atoms with Crippen molar-refractivity contribution in [2.75, 3.05) is 27.3 Å². The van der Waals surface area contributed by atoms with Gasteiger partial charge in [-0.15, -0.1) is 0 Å². The number of para-hydroxylation sites is 1. The standard InChI is InChI=1S/C34H38N6O4/c1-5-15-44-31-13-12-23(19-35-34(42)40(3)14-8-9-22(40)2)16-26(31)32-37-27-18-28-29(17-25(27)33(41)38-32)39(21-36-28)20-24-10-6-7-11-30(24)43-4/h6-7,10-13,16-18,21-22H,5,8-9,14-15,19-20H2,1-4H3,(H-,35,37,38,41,42)/p+1/t22-,40?/m1/s1. The Morgan fingerprint density at radius 3 is 2.75 bits per heavy atom. The van der Waals surface area contributed by atoms with Gasteiger partial charge in [0.1, 0.15) is 17.3 Å². The highest BCUT2D eigenvalue weighted by atomic mass is 16.5. The molecule has 2 aromatic heterocycles. The second kappa shape index (κ2) is 12.1. The molecule has 10 nitrogen and oxygen atoms in total. The molecule has 10 heteroatoms. The fourth-order valence-corrected chi connectivity index (χ4v) is 6.05. The zero-order valence-electron chi connectivity index (χ0n) is 25.7. The van der Waals surface area contributed by atoms with Crippen LogP contribution in [0.15, 0.2) is 65.7 Å². The predicted octanol–water partition coefficient (Wildman–Crippen LogP) is 5.62. The van der Waals surface area contributed by atoms with Crippen molar-refractivity contribution in [1.82, 2.24) is 24.8 Å². The summed E-state index contributed by atoms with van der Waals surface area (Å²) in [6.07, 6.45) is 4.70. The summed E-state index contributed by atoms with van der Waals surface area (Å²) in [5.74, 6) is 1.82. The number of carbonyl (C=O) groups is 1. The van der Waals surface area contributed by atoms with Crippen molar-refractivity contribution < 1.29 is 18.8 Å². The first-order chi connectivity index (χ1) is 21.3. The Balaban J connectivity index is 1.34. The van der Waals surface area contributed by atoms with Gasteiger partial charge in [-0.25, -0.2) is 19.2 Å². The summed E-state index contributed by atoms with van der Waals surface area (Å²) in [5, 5.41) is 3.59. The Hall–Kier alpha value is -4.70. The topological polar surface area (TPSA) is 111 Å². The van der Waals surface area contributed by atoms with E-state index in [0.29, 0.717) is 58.3 Å². The highest BCUT2D eigenvalue weighted by Crippen LogP contribution is 2.31. The zero-order valence-corrected chi connectivity index (χ0v) is 25.7. The smallest absolute Gasteiger partial charge is 0.416 e. The number of rotatable bonds is 9. The number of H-pyrrole nitrogens is 1. The molecule has 1 saturated heterocycles.